The first-order valence-electron chi connectivity index (χ1n) is 8.88. The van der Waals surface area contributed by atoms with Gasteiger partial charge in [-0.1, -0.05) is 6.07 Å². The SMILES string of the molecule is CCN1C(=O)N/C(=C/c2cc(C)n(-c3ccc4ncccc4c3)c2C)C1=O. The Morgan fingerprint density at radius 1 is 1.15 bits per heavy atom. The summed E-state index contributed by atoms with van der Waals surface area (Å²) in [7, 11) is 0. The lowest BCUT2D eigenvalue weighted by atomic mass is 10.2. The van der Waals surface area contributed by atoms with Crippen molar-refractivity contribution in [2.45, 2.75) is 20.8 Å². The molecule has 0 bridgehead atoms. The quantitative estimate of drug-likeness (QED) is 0.574. The summed E-state index contributed by atoms with van der Waals surface area (Å²) in [5.74, 6) is -0.288. The van der Waals surface area contributed by atoms with Gasteiger partial charge in [-0.25, -0.2) is 4.79 Å². The molecule has 1 aliphatic heterocycles. The molecular weight excluding hydrogens is 340 g/mol. The van der Waals surface area contributed by atoms with Crippen LogP contribution in [0.3, 0.4) is 0 Å². The number of aromatic nitrogens is 2. The number of likely N-dealkylation sites (N-methyl/N-ethyl adjacent to an activating group) is 1. The molecule has 3 amide bonds. The second-order valence-corrected chi connectivity index (χ2v) is 6.58. The maximum Gasteiger partial charge on any atom is 0.328 e. The van der Waals surface area contributed by atoms with E-state index < -0.39 is 0 Å². The van der Waals surface area contributed by atoms with Gasteiger partial charge < -0.3 is 9.88 Å². The largest absolute Gasteiger partial charge is 0.328 e. The van der Waals surface area contributed by atoms with Gasteiger partial charge in [0.2, 0.25) is 0 Å². The molecule has 3 aromatic rings. The minimum absolute atomic E-state index is 0.288. The van der Waals surface area contributed by atoms with E-state index in [4.69, 9.17) is 0 Å². The van der Waals surface area contributed by atoms with Crippen LogP contribution >= 0.6 is 0 Å². The highest BCUT2D eigenvalue weighted by atomic mass is 16.2. The van der Waals surface area contributed by atoms with Gasteiger partial charge in [0.05, 0.1) is 5.52 Å². The van der Waals surface area contributed by atoms with E-state index in [2.05, 4.69) is 20.9 Å². The predicted molar refractivity (Wildman–Crippen MR) is 104 cm³/mol. The molecule has 0 aliphatic carbocycles. The van der Waals surface area contributed by atoms with Crippen LogP contribution in [0.25, 0.3) is 22.7 Å². The van der Waals surface area contributed by atoms with Gasteiger partial charge in [0, 0.05) is 35.2 Å². The molecule has 0 unspecified atom stereocenters. The summed E-state index contributed by atoms with van der Waals surface area (Å²) in [5, 5.41) is 3.72. The number of imide groups is 1. The maximum atomic E-state index is 12.3. The second kappa shape index (κ2) is 6.39. The van der Waals surface area contributed by atoms with Crippen molar-refractivity contribution in [1.29, 1.82) is 0 Å². The summed E-state index contributed by atoms with van der Waals surface area (Å²) in [6.45, 7) is 6.16. The molecule has 0 spiro atoms. The van der Waals surface area contributed by atoms with E-state index in [0.29, 0.717) is 12.2 Å². The third-order valence-electron chi connectivity index (χ3n) is 4.89. The molecule has 27 heavy (non-hydrogen) atoms. The Hall–Kier alpha value is -3.41. The number of urea groups is 1. The van der Waals surface area contributed by atoms with Crippen molar-refractivity contribution in [2.24, 2.45) is 0 Å². The minimum Gasteiger partial charge on any atom is -0.318 e. The number of carbonyl (C=O) groups excluding carboxylic acids is 2. The van der Waals surface area contributed by atoms with Crippen LogP contribution in [0.1, 0.15) is 23.9 Å². The standard InChI is InChI=1S/C21H20N4O2/c1-4-24-20(26)19(23-21(24)27)12-16-10-13(2)25(14(16)3)17-7-8-18-15(11-17)6-5-9-22-18/h5-12H,4H2,1-3H3,(H,23,27)/b19-12+. The third-order valence-corrected chi connectivity index (χ3v) is 4.89. The Labute approximate surface area is 157 Å². The van der Waals surface area contributed by atoms with Crippen molar-refractivity contribution in [1.82, 2.24) is 19.8 Å². The number of carbonyl (C=O) groups is 2. The molecule has 0 atom stereocenters. The molecule has 4 rings (SSSR count). The van der Waals surface area contributed by atoms with E-state index in [0.717, 1.165) is 33.5 Å². The van der Waals surface area contributed by atoms with Crippen molar-refractivity contribution in [3.8, 4) is 5.69 Å². The second-order valence-electron chi connectivity index (χ2n) is 6.58. The van der Waals surface area contributed by atoms with E-state index in [9.17, 15) is 9.59 Å². The number of rotatable bonds is 3. The highest BCUT2D eigenvalue weighted by Gasteiger charge is 2.32. The Bertz CT molecular complexity index is 1110. The fourth-order valence-corrected chi connectivity index (χ4v) is 3.55. The molecule has 1 saturated heterocycles. The third kappa shape index (κ3) is 2.79. The number of nitrogens with zero attached hydrogens (tertiary/aromatic N) is 3. The predicted octanol–water partition coefficient (Wildman–Crippen LogP) is 3.55. The van der Waals surface area contributed by atoms with Gasteiger partial charge in [0.1, 0.15) is 5.70 Å². The van der Waals surface area contributed by atoms with E-state index in [1.807, 2.05) is 44.2 Å². The molecule has 6 heteroatoms. The molecule has 0 saturated carbocycles. The van der Waals surface area contributed by atoms with Crippen molar-refractivity contribution in [2.75, 3.05) is 6.54 Å². The van der Waals surface area contributed by atoms with E-state index in [-0.39, 0.29) is 11.9 Å². The average Bonchev–Trinajstić information content (AvgIpc) is 3.09. The summed E-state index contributed by atoms with van der Waals surface area (Å²) < 4.78 is 2.14. The van der Waals surface area contributed by atoms with Gasteiger partial charge in [-0.15, -0.1) is 0 Å². The van der Waals surface area contributed by atoms with Crippen LogP contribution in [0.4, 0.5) is 4.79 Å². The number of nitrogens with one attached hydrogen (secondary N) is 1. The van der Waals surface area contributed by atoms with Crippen LogP contribution in [0.5, 0.6) is 0 Å². The fraction of sp³-hybridized carbons (Fsp3) is 0.190. The van der Waals surface area contributed by atoms with Gasteiger partial charge in [-0.05, 0) is 62.7 Å². The monoisotopic (exact) mass is 360 g/mol. The molecule has 1 N–H and O–H groups in total. The van der Waals surface area contributed by atoms with Crippen LogP contribution < -0.4 is 5.32 Å². The molecule has 1 aliphatic rings. The Kier molecular flexibility index (Phi) is 4.03. The zero-order valence-corrected chi connectivity index (χ0v) is 15.5. The van der Waals surface area contributed by atoms with E-state index >= 15 is 0 Å². The maximum absolute atomic E-state index is 12.3. The lowest BCUT2D eigenvalue weighted by molar-refractivity contribution is -0.122. The molecule has 3 heterocycles. The zero-order chi connectivity index (χ0) is 19.1. The van der Waals surface area contributed by atoms with Crippen molar-refractivity contribution in [3.05, 3.63) is 65.2 Å². The molecule has 136 valence electrons. The smallest absolute Gasteiger partial charge is 0.318 e. The van der Waals surface area contributed by atoms with Crippen molar-refractivity contribution < 1.29 is 9.59 Å². The van der Waals surface area contributed by atoms with Gasteiger partial charge in [-0.3, -0.25) is 14.7 Å². The molecule has 6 nitrogen and oxygen atoms in total. The lowest BCUT2D eigenvalue weighted by Gasteiger charge is -2.10. The number of amides is 3. The van der Waals surface area contributed by atoms with Crippen LogP contribution in [-0.4, -0.2) is 32.9 Å². The Morgan fingerprint density at radius 3 is 2.70 bits per heavy atom. The number of fused-ring (bicyclic) bond motifs is 1. The van der Waals surface area contributed by atoms with Crippen LogP contribution in [-0.2, 0) is 4.79 Å². The molecule has 0 radical (unpaired) electrons. The molecule has 1 aromatic carbocycles. The number of pyridine rings is 1. The van der Waals surface area contributed by atoms with Crippen LogP contribution in [0.2, 0.25) is 0 Å². The van der Waals surface area contributed by atoms with Crippen LogP contribution in [0, 0.1) is 13.8 Å². The molecule has 2 aromatic heterocycles. The normalized spacial score (nSPS) is 15.8. The first-order valence-corrected chi connectivity index (χ1v) is 8.88. The van der Waals surface area contributed by atoms with Gasteiger partial charge in [0.15, 0.2) is 0 Å². The first-order chi connectivity index (χ1) is 13.0. The topological polar surface area (TPSA) is 67.2 Å². The highest BCUT2D eigenvalue weighted by Crippen LogP contribution is 2.25. The summed E-state index contributed by atoms with van der Waals surface area (Å²) >= 11 is 0. The van der Waals surface area contributed by atoms with Crippen molar-refractivity contribution in [3.63, 3.8) is 0 Å². The fourth-order valence-electron chi connectivity index (χ4n) is 3.55. The minimum atomic E-state index is -0.371. The Morgan fingerprint density at radius 2 is 1.96 bits per heavy atom. The number of benzene rings is 1. The molecule has 1 fully saturated rings. The summed E-state index contributed by atoms with van der Waals surface area (Å²) in [4.78, 5) is 29.8. The van der Waals surface area contributed by atoms with Gasteiger partial charge >= 0.3 is 6.03 Å². The van der Waals surface area contributed by atoms with E-state index in [1.165, 1.54) is 4.90 Å². The Balaban J connectivity index is 1.77. The molecular formula is C21H20N4O2. The van der Waals surface area contributed by atoms with Gasteiger partial charge in [-0.2, -0.15) is 0 Å². The summed E-state index contributed by atoms with van der Waals surface area (Å²) in [5.41, 5.74) is 5.24. The van der Waals surface area contributed by atoms with Crippen LogP contribution in [0.15, 0.2) is 48.3 Å². The highest BCUT2D eigenvalue weighted by molar-refractivity contribution is 6.14. The van der Waals surface area contributed by atoms with Crippen molar-refractivity contribution >= 4 is 28.9 Å². The number of hydrogen-bond donors (Lipinski definition) is 1. The van der Waals surface area contributed by atoms with E-state index in [1.54, 1.807) is 19.2 Å². The summed E-state index contributed by atoms with van der Waals surface area (Å²) in [6, 6.07) is 11.7. The van der Waals surface area contributed by atoms with Gasteiger partial charge in [0.25, 0.3) is 5.91 Å². The first kappa shape index (κ1) is 17.0. The summed E-state index contributed by atoms with van der Waals surface area (Å²) in [6.07, 6.45) is 3.53. The lowest BCUT2D eigenvalue weighted by Crippen LogP contribution is -2.30. The number of aryl methyl sites for hydroxylation is 1. The zero-order valence-electron chi connectivity index (χ0n) is 15.5. The number of hydrogen-bond acceptors (Lipinski definition) is 3. The average molecular weight is 360 g/mol.